The van der Waals surface area contributed by atoms with E-state index in [1.165, 1.54) is 19.3 Å². The zero-order chi connectivity index (χ0) is 12.1. The van der Waals surface area contributed by atoms with Crippen LogP contribution in [0.2, 0.25) is 0 Å². The molecule has 96 valence electrons. The van der Waals surface area contributed by atoms with Crippen molar-refractivity contribution in [2.75, 3.05) is 27.2 Å². The highest BCUT2D eigenvalue weighted by Crippen LogP contribution is 2.25. The van der Waals surface area contributed by atoms with Gasteiger partial charge in [-0.2, -0.15) is 0 Å². The molecule has 0 spiro atoms. The first-order valence-electron chi connectivity index (χ1n) is 6.65. The van der Waals surface area contributed by atoms with Crippen LogP contribution in [0.3, 0.4) is 0 Å². The molecule has 3 unspecified atom stereocenters. The van der Waals surface area contributed by atoms with Crippen LogP contribution in [0.5, 0.6) is 0 Å². The van der Waals surface area contributed by atoms with Crippen molar-refractivity contribution in [3.05, 3.63) is 0 Å². The van der Waals surface area contributed by atoms with Gasteiger partial charge in [0.25, 0.3) is 0 Å². The molecule has 1 saturated carbocycles. The largest absolute Gasteiger partial charge is 0.330 e. The zero-order valence-corrected chi connectivity index (χ0v) is 11.4. The summed E-state index contributed by atoms with van der Waals surface area (Å²) in [5.74, 6) is 1.38. The van der Waals surface area contributed by atoms with Gasteiger partial charge in [-0.3, -0.25) is 0 Å². The Labute approximate surface area is 101 Å². The van der Waals surface area contributed by atoms with Gasteiger partial charge in [-0.1, -0.05) is 20.3 Å². The van der Waals surface area contributed by atoms with Gasteiger partial charge in [0, 0.05) is 18.6 Å². The summed E-state index contributed by atoms with van der Waals surface area (Å²) in [6.07, 6.45) is 3.95. The fraction of sp³-hybridized carbons (Fsp3) is 1.00. The number of likely N-dealkylation sites (N-methyl/N-ethyl adjacent to an activating group) is 1. The number of hydrogen-bond acceptors (Lipinski definition) is 3. The molecule has 0 saturated heterocycles. The topological polar surface area (TPSA) is 41.3 Å². The predicted molar refractivity (Wildman–Crippen MR) is 70.5 cm³/mol. The Morgan fingerprint density at radius 1 is 1.31 bits per heavy atom. The normalized spacial score (nSPS) is 27.9. The third-order valence-corrected chi connectivity index (χ3v) is 3.76. The van der Waals surface area contributed by atoms with Crippen LogP contribution in [0, 0.1) is 11.8 Å². The summed E-state index contributed by atoms with van der Waals surface area (Å²) in [7, 11) is 4.29. The molecule has 3 nitrogen and oxygen atoms in total. The average molecular weight is 227 g/mol. The maximum atomic E-state index is 5.83. The smallest absolute Gasteiger partial charge is 0.0220 e. The summed E-state index contributed by atoms with van der Waals surface area (Å²) in [5, 5.41) is 3.83. The molecule has 1 aliphatic rings. The molecule has 16 heavy (non-hydrogen) atoms. The zero-order valence-electron chi connectivity index (χ0n) is 11.4. The molecular formula is C13H29N3. The first kappa shape index (κ1) is 13.9. The van der Waals surface area contributed by atoms with Crippen molar-refractivity contribution in [3.8, 4) is 0 Å². The number of nitrogens with one attached hydrogen (secondary N) is 1. The Morgan fingerprint density at radius 3 is 2.50 bits per heavy atom. The Balaban J connectivity index is 2.47. The molecule has 3 heteroatoms. The quantitative estimate of drug-likeness (QED) is 0.718. The predicted octanol–water partition coefficient (Wildman–Crippen LogP) is 1.29. The fourth-order valence-electron chi connectivity index (χ4n) is 2.66. The summed E-state index contributed by atoms with van der Waals surface area (Å²) >= 11 is 0. The molecular weight excluding hydrogens is 198 g/mol. The van der Waals surface area contributed by atoms with E-state index < -0.39 is 0 Å². The Hall–Kier alpha value is -0.120. The van der Waals surface area contributed by atoms with E-state index in [1.807, 2.05) is 0 Å². The summed E-state index contributed by atoms with van der Waals surface area (Å²) in [6, 6.07) is 1.24. The first-order chi connectivity index (χ1) is 7.54. The lowest BCUT2D eigenvalue weighted by atomic mass is 9.98. The van der Waals surface area contributed by atoms with E-state index >= 15 is 0 Å². The van der Waals surface area contributed by atoms with Crippen LogP contribution < -0.4 is 11.1 Å². The van der Waals surface area contributed by atoms with Gasteiger partial charge in [0.15, 0.2) is 0 Å². The summed E-state index contributed by atoms with van der Waals surface area (Å²) in [5.41, 5.74) is 5.83. The number of hydrogen-bond donors (Lipinski definition) is 2. The Morgan fingerprint density at radius 2 is 2.00 bits per heavy atom. The highest BCUT2D eigenvalue weighted by Gasteiger charge is 2.28. The van der Waals surface area contributed by atoms with E-state index in [4.69, 9.17) is 5.73 Å². The molecule has 0 aromatic carbocycles. The summed E-state index contributed by atoms with van der Waals surface area (Å²) in [4.78, 5) is 2.27. The van der Waals surface area contributed by atoms with Gasteiger partial charge in [0.1, 0.15) is 0 Å². The number of nitrogens with zero attached hydrogens (tertiary/aromatic N) is 1. The number of rotatable bonds is 6. The van der Waals surface area contributed by atoms with Crippen molar-refractivity contribution >= 4 is 0 Å². The molecule has 0 radical (unpaired) electrons. The van der Waals surface area contributed by atoms with Crippen LogP contribution in [0.1, 0.15) is 33.1 Å². The monoisotopic (exact) mass is 227 g/mol. The third kappa shape index (κ3) is 4.04. The van der Waals surface area contributed by atoms with Gasteiger partial charge in [0.05, 0.1) is 0 Å². The van der Waals surface area contributed by atoms with E-state index in [0.29, 0.717) is 23.9 Å². The number of nitrogens with two attached hydrogens (primary N) is 1. The third-order valence-electron chi connectivity index (χ3n) is 3.76. The lowest BCUT2D eigenvalue weighted by Crippen LogP contribution is -2.49. The summed E-state index contributed by atoms with van der Waals surface area (Å²) in [6.45, 7) is 6.55. The van der Waals surface area contributed by atoms with Crippen LogP contribution >= 0.6 is 0 Å². The van der Waals surface area contributed by atoms with Crippen LogP contribution in [-0.4, -0.2) is 44.2 Å². The minimum absolute atomic E-state index is 0.590. The molecule has 1 fully saturated rings. The van der Waals surface area contributed by atoms with Crippen molar-refractivity contribution in [2.45, 2.75) is 45.2 Å². The van der Waals surface area contributed by atoms with E-state index in [9.17, 15) is 0 Å². The van der Waals surface area contributed by atoms with Crippen molar-refractivity contribution < 1.29 is 0 Å². The van der Waals surface area contributed by atoms with Gasteiger partial charge in [-0.05, 0) is 45.3 Å². The van der Waals surface area contributed by atoms with Crippen LogP contribution in [-0.2, 0) is 0 Å². The summed E-state index contributed by atoms with van der Waals surface area (Å²) < 4.78 is 0. The van der Waals surface area contributed by atoms with Crippen LogP contribution in [0.25, 0.3) is 0 Å². The Bertz CT molecular complexity index is 192. The van der Waals surface area contributed by atoms with Crippen molar-refractivity contribution in [1.82, 2.24) is 10.2 Å². The van der Waals surface area contributed by atoms with Gasteiger partial charge in [0.2, 0.25) is 0 Å². The minimum atomic E-state index is 0.590. The van der Waals surface area contributed by atoms with E-state index in [0.717, 1.165) is 13.1 Å². The lowest BCUT2D eigenvalue weighted by molar-refractivity contribution is 0.251. The molecule has 0 amide bonds. The van der Waals surface area contributed by atoms with Gasteiger partial charge in [-0.25, -0.2) is 0 Å². The maximum Gasteiger partial charge on any atom is 0.0220 e. The molecule has 1 rings (SSSR count). The van der Waals surface area contributed by atoms with Gasteiger partial charge in [-0.15, -0.1) is 0 Å². The molecule has 3 N–H and O–H groups in total. The molecule has 0 aromatic heterocycles. The average Bonchev–Trinajstić information content (AvgIpc) is 2.63. The first-order valence-corrected chi connectivity index (χ1v) is 6.65. The molecule has 0 bridgehead atoms. The maximum absolute atomic E-state index is 5.83. The van der Waals surface area contributed by atoms with Crippen LogP contribution in [0.15, 0.2) is 0 Å². The van der Waals surface area contributed by atoms with Gasteiger partial charge < -0.3 is 16.0 Å². The van der Waals surface area contributed by atoms with E-state index in [2.05, 4.69) is 38.2 Å². The Kier molecular flexibility index (Phi) is 5.73. The molecule has 1 aliphatic carbocycles. The van der Waals surface area contributed by atoms with Gasteiger partial charge >= 0.3 is 0 Å². The van der Waals surface area contributed by atoms with Crippen molar-refractivity contribution in [1.29, 1.82) is 0 Å². The molecule has 0 aromatic rings. The second-order valence-electron chi connectivity index (χ2n) is 5.81. The highest BCUT2D eigenvalue weighted by atomic mass is 15.1. The molecule has 0 aliphatic heterocycles. The van der Waals surface area contributed by atoms with Crippen LogP contribution in [0.4, 0.5) is 0 Å². The second kappa shape index (κ2) is 6.58. The minimum Gasteiger partial charge on any atom is -0.330 e. The van der Waals surface area contributed by atoms with E-state index in [1.54, 1.807) is 0 Å². The van der Waals surface area contributed by atoms with E-state index in [-0.39, 0.29) is 0 Å². The van der Waals surface area contributed by atoms with Crippen molar-refractivity contribution in [2.24, 2.45) is 17.6 Å². The fourth-order valence-corrected chi connectivity index (χ4v) is 2.66. The lowest BCUT2D eigenvalue weighted by Gasteiger charge is -2.31. The van der Waals surface area contributed by atoms with Crippen molar-refractivity contribution in [3.63, 3.8) is 0 Å². The SMILES string of the molecule is CC(C)C(CN(C)C)NC1CCCC1CN. The standard InChI is InChI=1S/C13H29N3/c1-10(2)13(9-16(3)4)15-12-7-5-6-11(12)8-14/h10-13,15H,5-9,14H2,1-4H3. The second-order valence-corrected chi connectivity index (χ2v) is 5.81. The highest BCUT2D eigenvalue weighted by molar-refractivity contribution is 4.87. The molecule has 0 heterocycles. The molecule has 3 atom stereocenters.